The van der Waals surface area contributed by atoms with Gasteiger partial charge in [0.1, 0.15) is 18.1 Å². The van der Waals surface area contributed by atoms with Crippen molar-refractivity contribution in [3.8, 4) is 11.5 Å². The van der Waals surface area contributed by atoms with E-state index >= 15 is 0 Å². The zero-order valence-electron chi connectivity index (χ0n) is 11.5. The Bertz CT molecular complexity index is 388. The molecule has 0 aliphatic rings. The van der Waals surface area contributed by atoms with Crippen LogP contribution in [0, 0.1) is 0 Å². The van der Waals surface area contributed by atoms with Crippen molar-refractivity contribution in [1.82, 2.24) is 0 Å². The van der Waals surface area contributed by atoms with Crippen LogP contribution in [0.4, 0.5) is 0 Å². The lowest BCUT2D eigenvalue weighted by Gasteiger charge is -2.14. The fourth-order valence-corrected chi connectivity index (χ4v) is 1.63. The highest BCUT2D eigenvalue weighted by Crippen LogP contribution is 2.26. The van der Waals surface area contributed by atoms with Crippen molar-refractivity contribution in [3.63, 3.8) is 0 Å². The number of benzene rings is 1. The van der Waals surface area contributed by atoms with Crippen molar-refractivity contribution >= 4 is 0 Å². The Morgan fingerprint density at radius 3 is 2.78 bits per heavy atom. The molecule has 0 saturated heterocycles. The van der Waals surface area contributed by atoms with Gasteiger partial charge in [0.05, 0.1) is 7.11 Å². The summed E-state index contributed by atoms with van der Waals surface area (Å²) in [5, 5.41) is 0. The quantitative estimate of drug-likeness (QED) is 0.756. The molecule has 0 heterocycles. The SMILES string of the molecule is CC=CCOc1cc(OC)ccc1CC(N)CC. The Kier molecular flexibility index (Phi) is 6.29. The molecule has 3 heteroatoms. The van der Waals surface area contributed by atoms with Gasteiger partial charge in [-0.2, -0.15) is 0 Å². The zero-order chi connectivity index (χ0) is 13.4. The Morgan fingerprint density at radius 1 is 1.39 bits per heavy atom. The van der Waals surface area contributed by atoms with Gasteiger partial charge in [0, 0.05) is 12.1 Å². The molecule has 1 aromatic carbocycles. The Hall–Kier alpha value is -1.48. The van der Waals surface area contributed by atoms with E-state index in [9.17, 15) is 0 Å². The Morgan fingerprint density at radius 2 is 2.17 bits per heavy atom. The summed E-state index contributed by atoms with van der Waals surface area (Å²) in [7, 11) is 1.66. The smallest absolute Gasteiger partial charge is 0.126 e. The second-order valence-electron chi connectivity index (χ2n) is 4.23. The molecular weight excluding hydrogens is 226 g/mol. The van der Waals surface area contributed by atoms with Gasteiger partial charge in [0.25, 0.3) is 0 Å². The summed E-state index contributed by atoms with van der Waals surface area (Å²) in [5.41, 5.74) is 7.13. The molecule has 0 radical (unpaired) electrons. The van der Waals surface area contributed by atoms with E-state index in [0.717, 1.165) is 29.9 Å². The largest absolute Gasteiger partial charge is 0.497 e. The maximum atomic E-state index is 6.00. The van der Waals surface area contributed by atoms with E-state index in [1.807, 2.05) is 37.3 Å². The van der Waals surface area contributed by atoms with Crippen LogP contribution in [-0.2, 0) is 6.42 Å². The summed E-state index contributed by atoms with van der Waals surface area (Å²) < 4.78 is 11.0. The van der Waals surface area contributed by atoms with Gasteiger partial charge in [0.15, 0.2) is 0 Å². The fraction of sp³-hybridized carbons (Fsp3) is 0.467. The second-order valence-corrected chi connectivity index (χ2v) is 4.23. The predicted molar refractivity (Wildman–Crippen MR) is 75.3 cm³/mol. The van der Waals surface area contributed by atoms with Crippen LogP contribution in [0.1, 0.15) is 25.8 Å². The van der Waals surface area contributed by atoms with Crippen molar-refractivity contribution < 1.29 is 9.47 Å². The van der Waals surface area contributed by atoms with Gasteiger partial charge >= 0.3 is 0 Å². The summed E-state index contributed by atoms with van der Waals surface area (Å²) in [4.78, 5) is 0. The molecule has 0 fully saturated rings. The van der Waals surface area contributed by atoms with Gasteiger partial charge in [0.2, 0.25) is 0 Å². The normalized spacial score (nSPS) is 12.7. The summed E-state index contributed by atoms with van der Waals surface area (Å²) >= 11 is 0. The second kappa shape index (κ2) is 7.77. The molecule has 0 aliphatic heterocycles. The summed E-state index contributed by atoms with van der Waals surface area (Å²) in [6, 6.07) is 6.06. The zero-order valence-corrected chi connectivity index (χ0v) is 11.5. The predicted octanol–water partition coefficient (Wildman–Crippen LogP) is 2.93. The number of methoxy groups -OCH3 is 1. The van der Waals surface area contributed by atoms with E-state index in [2.05, 4.69) is 6.92 Å². The molecular formula is C15H23NO2. The van der Waals surface area contributed by atoms with Crippen LogP contribution < -0.4 is 15.2 Å². The van der Waals surface area contributed by atoms with Gasteiger partial charge in [-0.1, -0.05) is 25.1 Å². The standard InChI is InChI=1S/C15H23NO2/c1-4-6-9-18-15-11-14(17-3)8-7-12(15)10-13(16)5-2/h4,6-8,11,13H,5,9-10,16H2,1-3H3. The van der Waals surface area contributed by atoms with E-state index in [0.29, 0.717) is 6.61 Å². The molecule has 0 aliphatic carbocycles. The van der Waals surface area contributed by atoms with Crippen LogP contribution in [0.25, 0.3) is 0 Å². The fourth-order valence-electron chi connectivity index (χ4n) is 1.63. The Balaban J connectivity index is 2.85. The molecule has 18 heavy (non-hydrogen) atoms. The lowest BCUT2D eigenvalue weighted by atomic mass is 10.0. The molecule has 1 unspecified atom stereocenters. The van der Waals surface area contributed by atoms with E-state index < -0.39 is 0 Å². The highest BCUT2D eigenvalue weighted by Gasteiger charge is 2.09. The molecule has 1 atom stereocenters. The minimum absolute atomic E-state index is 0.169. The van der Waals surface area contributed by atoms with Gasteiger partial charge in [-0.3, -0.25) is 0 Å². The van der Waals surface area contributed by atoms with Gasteiger partial charge in [-0.15, -0.1) is 0 Å². The molecule has 0 bridgehead atoms. The summed E-state index contributed by atoms with van der Waals surface area (Å²) in [6.07, 6.45) is 5.73. The van der Waals surface area contributed by atoms with Crippen LogP contribution in [0.3, 0.4) is 0 Å². The molecule has 0 aromatic heterocycles. The van der Waals surface area contributed by atoms with Crippen molar-refractivity contribution in [2.75, 3.05) is 13.7 Å². The molecule has 100 valence electrons. The molecule has 3 nitrogen and oxygen atoms in total. The molecule has 1 aromatic rings. The first-order chi connectivity index (χ1) is 8.71. The van der Waals surface area contributed by atoms with Crippen molar-refractivity contribution in [3.05, 3.63) is 35.9 Å². The van der Waals surface area contributed by atoms with Crippen LogP contribution in [0.5, 0.6) is 11.5 Å². The number of hydrogen-bond donors (Lipinski definition) is 1. The third kappa shape index (κ3) is 4.41. The lowest BCUT2D eigenvalue weighted by Crippen LogP contribution is -2.21. The number of nitrogens with two attached hydrogens (primary N) is 1. The molecule has 0 saturated carbocycles. The average Bonchev–Trinajstić information content (AvgIpc) is 2.40. The molecule has 2 N–H and O–H groups in total. The minimum atomic E-state index is 0.169. The number of rotatable bonds is 7. The molecule has 0 spiro atoms. The third-order valence-corrected chi connectivity index (χ3v) is 2.85. The lowest BCUT2D eigenvalue weighted by molar-refractivity contribution is 0.351. The Labute approximate surface area is 110 Å². The maximum Gasteiger partial charge on any atom is 0.126 e. The van der Waals surface area contributed by atoms with Crippen molar-refractivity contribution in [1.29, 1.82) is 0 Å². The van der Waals surface area contributed by atoms with E-state index in [-0.39, 0.29) is 6.04 Å². The number of allylic oxidation sites excluding steroid dienone is 1. The first-order valence-electron chi connectivity index (χ1n) is 6.37. The molecule has 0 amide bonds. The molecule has 1 rings (SSSR count). The minimum Gasteiger partial charge on any atom is -0.497 e. The van der Waals surface area contributed by atoms with Crippen molar-refractivity contribution in [2.24, 2.45) is 5.73 Å². The highest BCUT2D eigenvalue weighted by atomic mass is 16.5. The van der Waals surface area contributed by atoms with Crippen molar-refractivity contribution in [2.45, 2.75) is 32.7 Å². The van der Waals surface area contributed by atoms with Gasteiger partial charge < -0.3 is 15.2 Å². The monoisotopic (exact) mass is 249 g/mol. The van der Waals surface area contributed by atoms with E-state index in [4.69, 9.17) is 15.2 Å². The van der Waals surface area contributed by atoms with E-state index in [1.165, 1.54) is 0 Å². The number of hydrogen-bond acceptors (Lipinski definition) is 3. The first-order valence-corrected chi connectivity index (χ1v) is 6.37. The highest BCUT2D eigenvalue weighted by molar-refractivity contribution is 5.41. The average molecular weight is 249 g/mol. The van der Waals surface area contributed by atoms with Gasteiger partial charge in [-0.05, 0) is 31.4 Å². The summed E-state index contributed by atoms with van der Waals surface area (Å²) in [6.45, 7) is 4.63. The van der Waals surface area contributed by atoms with Crippen LogP contribution in [0.15, 0.2) is 30.4 Å². The first kappa shape index (κ1) is 14.6. The van der Waals surface area contributed by atoms with E-state index in [1.54, 1.807) is 7.11 Å². The van der Waals surface area contributed by atoms with Crippen LogP contribution in [0.2, 0.25) is 0 Å². The van der Waals surface area contributed by atoms with Crippen LogP contribution in [-0.4, -0.2) is 19.8 Å². The van der Waals surface area contributed by atoms with Crippen LogP contribution >= 0.6 is 0 Å². The topological polar surface area (TPSA) is 44.5 Å². The van der Waals surface area contributed by atoms with Gasteiger partial charge in [-0.25, -0.2) is 0 Å². The third-order valence-electron chi connectivity index (χ3n) is 2.85. The number of ether oxygens (including phenoxy) is 2. The maximum absolute atomic E-state index is 6.00. The summed E-state index contributed by atoms with van der Waals surface area (Å²) in [5.74, 6) is 1.66.